The van der Waals surface area contributed by atoms with Crippen molar-refractivity contribution in [2.75, 3.05) is 0 Å². The highest BCUT2D eigenvalue weighted by molar-refractivity contribution is 8.17. The number of allylic oxidation sites excluding steroid dienone is 2. The maximum absolute atomic E-state index is 5.34. The van der Waals surface area contributed by atoms with Gasteiger partial charge in [0.15, 0.2) is 0 Å². The van der Waals surface area contributed by atoms with Crippen LogP contribution in [0.25, 0.3) is 0 Å². The first-order chi connectivity index (χ1) is 6.19. The van der Waals surface area contributed by atoms with Crippen LogP contribution >= 0.6 is 11.8 Å². The van der Waals surface area contributed by atoms with Gasteiger partial charge in [-0.2, -0.15) is 5.10 Å². The smallest absolute Gasteiger partial charge is 0.0998 e. The molecule has 0 atom stereocenters. The largest absolute Gasteiger partial charge is 0.323 e. The molecule has 1 fully saturated rings. The average molecular weight is 198 g/mol. The Kier molecular flexibility index (Phi) is 3.85. The van der Waals surface area contributed by atoms with E-state index in [1.54, 1.807) is 11.8 Å². The van der Waals surface area contributed by atoms with Crippen molar-refractivity contribution in [2.24, 2.45) is 22.8 Å². The van der Waals surface area contributed by atoms with E-state index in [2.05, 4.69) is 31.9 Å². The van der Waals surface area contributed by atoms with E-state index in [0.29, 0.717) is 5.92 Å². The summed E-state index contributed by atoms with van der Waals surface area (Å²) in [6, 6.07) is 0. The molecule has 0 amide bonds. The normalized spacial score (nSPS) is 19.7. The lowest BCUT2D eigenvalue weighted by molar-refractivity contribution is 0.892. The quantitative estimate of drug-likeness (QED) is 0.328. The molecule has 3 heteroatoms. The van der Waals surface area contributed by atoms with Crippen molar-refractivity contribution in [1.82, 2.24) is 0 Å². The number of thioether (sulfide) groups is 1. The molecule has 2 N–H and O–H groups in total. The molecule has 0 aromatic heterocycles. The maximum Gasteiger partial charge on any atom is 0.0998 e. The highest BCUT2D eigenvalue weighted by Gasteiger charge is 2.27. The van der Waals surface area contributed by atoms with Crippen LogP contribution in [0.1, 0.15) is 33.6 Å². The zero-order chi connectivity index (χ0) is 9.84. The van der Waals surface area contributed by atoms with Crippen molar-refractivity contribution >= 4 is 16.8 Å². The van der Waals surface area contributed by atoms with Crippen LogP contribution in [-0.2, 0) is 0 Å². The Hall–Kier alpha value is -0.440. The predicted octanol–water partition coefficient (Wildman–Crippen LogP) is 2.96. The standard InChI is InChI=1S/C10H18N2S/c1-4-9(8-5-6-8)13-10(12-11)7(2)3/h4,7-8H,5-6,11H2,1-3H3/b9-4-,12-10-. The number of hydrogen-bond donors (Lipinski definition) is 1. The molecule has 1 aliphatic carbocycles. The van der Waals surface area contributed by atoms with Gasteiger partial charge in [-0.3, -0.25) is 0 Å². The highest BCUT2D eigenvalue weighted by Crippen LogP contribution is 2.43. The summed E-state index contributed by atoms with van der Waals surface area (Å²) in [5.41, 5.74) is 0. The number of nitrogens with zero attached hydrogens (tertiary/aromatic N) is 1. The van der Waals surface area contributed by atoms with E-state index in [1.807, 2.05) is 0 Å². The lowest BCUT2D eigenvalue weighted by atomic mass is 10.2. The second-order valence-corrected chi connectivity index (χ2v) is 4.78. The molecule has 0 aromatic carbocycles. The average Bonchev–Trinajstić information content (AvgIpc) is 2.89. The summed E-state index contributed by atoms with van der Waals surface area (Å²) in [7, 11) is 0. The fourth-order valence-electron chi connectivity index (χ4n) is 1.16. The molecule has 13 heavy (non-hydrogen) atoms. The van der Waals surface area contributed by atoms with Gasteiger partial charge in [0.05, 0.1) is 5.04 Å². The molecular formula is C10H18N2S. The Morgan fingerprint density at radius 1 is 1.54 bits per heavy atom. The van der Waals surface area contributed by atoms with Gasteiger partial charge in [-0.15, -0.1) is 0 Å². The molecule has 1 rings (SSSR count). The van der Waals surface area contributed by atoms with Gasteiger partial charge in [-0.25, -0.2) is 0 Å². The third-order valence-corrected chi connectivity index (χ3v) is 3.70. The van der Waals surface area contributed by atoms with Crippen LogP contribution in [0.2, 0.25) is 0 Å². The predicted molar refractivity (Wildman–Crippen MR) is 60.5 cm³/mol. The lowest BCUT2D eigenvalue weighted by Gasteiger charge is -2.09. The third-order valence-electron chi connectivity index (χ3n) is 2.11. The molecule has 2 nitrogen and oxygen atoms in total. The van der Waals surface area contributed by atoms with Crippen LogP contribution in [0.15, 0.2) is 16.1 Å². The number of hydrogen-bond acceptors (Lipinski definition) is 3. The molecule has 0 saturated heterocycles. The minimum Gasteiger partial charge on any atom is -0.323 e. The second kappa shape index (κ2) is 4.70. The van der Waals surface area contributed by atoms with Gasteiger partial charge in [0.25, 0.3) is 0 Å². The number of nitrogens with two attached hydrogens (primary N) is 1. The molecule has 0 heterocycles. The first-order valence-electron chi connectivity index (χ1n) is 4.80. The first-order valence-corrected chi connectivity index (χ1v) is 5.62. The Labute approximate surface area is 84.7 Å². The monoisotopic (exact) mass is 198 g/mol. The fraction of sp³-hybridized carbons (Fsp3) is 0.700. The van der Waals surface area contributed by atoms with E-state index in [9.17, 15) is 0 Å². The summed E-state index contributed by atoms with van der Waals surface area (Å²) in [6.07, 6.45) is 4.86. The van der Waals surface area contributed by atoms with E-state index in [-0.39, 0.29) is 0 Å². The molecule has 1 aliphatic rings. The number of hydrazone groups is 1. The first kappa shape index (κ1) is 10.6. The molecule has 0 bridgehead atoms. The van der Waals surface area contributed by atoms with Gasteiger partial charge < -0.3 is 5.84 Å². The summed E-state index contributed by atoms with van der Waals surface area (Å²) in [5.74, 6) is 6.57. The van der Waals surface area contributed by atoms with Crippen molar-refractivity contribution < 1.29 is 0 Å². The van der Waals surface area contributed by atoms with Crippen molar-refractivity contribution in [1.29, 1.82) is 0 Å². The van der Waals surface area contributed by atoms with Gasteiger partial charge in [-0.1, -0.05) is 31.7 Å². The molecule has 74 valence electrons. The fourth-order valence-corrected chi connectivity index (χ4v) is 2.21. The van der Waals surface area contributed by atoms with Crippen molar-refractivity contribution in [3.05, 3.63) is 11.0 Å². The molecule has 0 unspecified atom stereocenters. The Balaban J connectivity index is 2.54. The van der Waals surface area contributed by atoms with Gasteiger partial charge in [0.1, 0.15) is 0 Å². The van der Waals surface area contributed by atoms with E-state index < -0.39 is 0 Å². The molecule has 0 aliphatic heterocycles. The Bertz CT molecular complexity index is 211. The highest BCUT2D eigenvalue weighted by atomic mass is 32.2. The van der Waals surface area contributed by atoms with E-state index in [0.717, 1.165) is 11.0 Å². The van der Waals surface area contributed by atoms with Crippen LogP contribution in [0.5, 0.6) is 0 Å². The second-order valence-electron chi connectivity index (χ2n) is 3.69. The van der Waals surface area contributed by atoms with Crippen molar-refractivity contribution in [3.63, 3.8) is 0 Å². The minimum absolute atomic E-state index is 0.434. The van der Waals surface area contributed by atoms with E-state index in [1.165, 1.54) is 17.7 Å². The lowest BCUT2D eigenvalue weighted by Crippen LogP contribution is -2.06. The zero-order valence-corrected chi connectivity index (χ0v) is 9.40. The van der Waals surface area contributed by atoms with Crippen LogP contribution in [0.4, 0.5) is 0 Å². The van der Waals surface area contributed by atoms with Gasteiger partial charge in [0.2, 0.25) is 0 Å². The SMILES string of the molecule is C/C=C(\S/C(=N\N)C(C)C)C1CC1. The van der Waals surface area contributed by atoms with E-state index >= 15 is 0 Å². The van der Waals surface area contributed by atoms with Gasteiger partial charge >= 0.3 is 0 Å². The Morgan fingerprint density at radius 2 is 2.15 bits per heavy atom. The van der Waals surface area contributed by atoms with Crippen molar-refractivity contribution in [3.8, 4) is 0 Å². The molecule has 0 radical (unpaired) electrons. The molecule has 0 aromatic rings. The van der Waals surface area contributed by atoms with Gasteiger partial charge in [-0.05, 0) is 30.6 Å². The van der Waals surface area contributed by atoms with E-state index in [4.69, 9.17) is 5.84 Å². The zero-order valence-electron chi connectivity index (χ0n) is 8.58. The number of rotatable bonds is 3. The van der Waals surface area contributed by atoms with Crippen LogP contribution in [0, 0.1) is 11.8 Å². The summed E-state index contributed by atoms with van der Waals surface area (Å²) >= 11 is 1.75. The topological polar surface area (TPSA) is 38.4 Å². The van der Waals surface area contributed by atoms with Crippen molar-refractivity contribution in [2.45, 2.75) is 33.6 Å². The van der Waals surface area contributed by atoms with Crippen LogP contribution in [-0.4, -0.2) is 5.04 Å². The van der Waals surface area contributed by atoms with Crippen LogP contribution in [0.3, 0.4) is 0 Å². The minimum atomic E-state index is 0.434. The summed E-state index contributed by atoms with van der Waals surface area (Å²) in [5, 5.41) is 4.87. The molecule has 0 spiro atoms. The van der Waals surface area contributed by atoms with Crippen LogP contribution < -0.4 is 5.84 Å². The Morgan fingerprint density at radius 3 is 2.46 bits per heavy atom. The maximum atomic E-state index is 5.34. The summed E-state index contributed by atoms with van der Waals surface area (Å²) < 4.78 is 0. The molecule has 1 saturated carbocycles. The summed E-state index contributed by atoms with van der Waals surface area (Å²) in [6.45, 7) is 6.34. The summed E-state index contributed by atoms with van der Waals surface area (Å²) in [4.78, 5) is 1.44. The molecular weight excluding hydrogens is 180 g/mol. The third kappa shape index (κ3) is 3.07. The van der Waals surface area contributed by atoms with Gasteiger partial charge in [0, 0.05) is 5.92 Å².